The molecule has 4 rings (SSSR count). The van der Waals surface area contributed by atoms with E-state index >= 15 is 0 Å². The number of ether oxygens (including phenoxy) is 3. The molecule has 1 aliphatic heterocycles. The van der Waals surface area contributed by atoms with Gasteiger partial charge in [-0.3, -0.25) is 0 Å². The zero-order valence-electron chi connectivity index (χ0n) is 17.8. The topological polar surface area (TPSA) is 88.4 Å². The fourth-order valence-corrected chi connectivity index (χ4v) is 4.22. The van der Waals surface area contributed by atoms with Gasteiger partial charge in [-0.2, -0.15) is 0 Å². The van der Waals surface area contributed by atoms with Gasteiger partial charge in [-0.05, 0) is 16.7 Å². The van der Waals surface area contributed by atoms with Crippen molar-refractivity contribution in [2.45, 2.75) is 36.3 Å². The fraction of sp³-hybridized carbons (Fsp3) is 0.308. The largest absolute Gasteiger partial charge is 0.387 e. The molecule has 1 aliphatic rings. The van der Waals surface area contributed by atoms with E-state index in [1.807, 2.05) is 91.0 Å². The minimum atomic E-state index is -1.41. The van der Waals surface area contributed by atoms with Gasteiger partial charge in [0.05, 0.1) is 6.61 Å². The number of methoxy groups -OCH3 is 1. The summed E-state index contributed by atoms with van der Waals surface area (Å²) in [5, 5.41) is 30.9. The van der Waals surface area contributed by atoms with Crippen LogP contribution in [0.4, 0.5) is 0 Å². The Morgan fingerprint density at radius 3 is 1.53 bits per heavy atom. The van der Waals surface area contributed by atoms with E-state index in [1.165, 1.54) is 7.11 Å². The zero-order valence-corrected chi connectivity index (χ0v) is 17.8. The second kappa shape index (κ2) is 9.92. The Morgan fingerprint density at radius 2 is 1.12 bits per heavy atom. The van der Waals surface area contributed by atoms with Crippen molar-refractivity contribution in [3.8, 4) is 0 Å². The summed E-state index contributed by atoms with van der Waals surface area (Å²) in [6.07, 6.45) is -6.08. The van der Waals surface area contributed by atoms with Gasteiger partial charge >= 0.3 is 0 Å². The van der Waals surface area contributed by atoms with Gasteiger partial charge in [-0.15, -0.1) is 0 Å². The van der Waals surface area contributed by atoms with Gasteiger partial charge < -0.3 is 29.5 Å². The van der Waals surface area contributed by atoms with E-state index in [0.29, 0.717) is 0 Å². The molecule has 168 valence electrons. The SMILES string of the molecule is CO[C@H]1O[C@H](COC(c2ccccc2)(c2ccccc2)c2ccccc2)[C@@H](O)[C@H](O)[C@H]1O. The second-order valence-electron chi connectivity index (χ2n) is 7.84. The summed E-state index contributed by atoms with van der Waals surface area (Å²) in [5.74, 6) is 0. The van der Waals surface area contributed by atoms with Crippen molar-refractivity contribution in [2.24, 2.45) is 0 Å². The van der Waals surface area contributed by atoms with Gasteiger partial charge in [0.25, 0.3) is 0 Å². The number of aliphatic hydroxyl groups is 3. The van der Waals surface area contributed by atoms with Crippen LogP contribution in [-0.4, -0.2) is 59.7 Å². The van der Waals surface area contributed by atoms with Crippen LogP contribution in [0.5, 0.6) is 0 Å². The maximum absolute atomic E-state index is 10.6. The normalized spacial score (nSPS) is 26.1. The predicted octanol–water partition coefficient (Wildman–Crippen LogP) is 2.45. The van der Waals surface area contributed by atoms with Crippen LogP contribution >= 0.6 is 0 Å². The molecule has 0 aromatic heterocycles. The minimum Gasteiger partial charge on any atom is -0.387 e. The van der Waals surface area contributed by atoms with Crippen molar-refractivity contribution in [1.82, 2.24) is 0 Å². The Kier molecular flexibility index (Phi) is 7.01. The number of benzene rings is 3. The molecule has 5 atom stereocenters. The standard InChI is InChI=1S/C26H28O6/c1-30-25-24(29)23(28)22(27)21(32-25)17-31-26(18-11-5-2-6-12-18,19-13-7-3-8-14-19)20-15-9-4-10-16-20/h2-16,21-25,27-29H,17H2,1H3/t21-,22-,23+,24-,25+/m1/s1. The summed E-state index contributed by atoms with van der Waals surface area (Å²) in [6, 6.07) is 29.5. The lowest BCUT2D eigenvalue weighted by Crippen LogP contribution is -2.59. The molecular formula is C26H28O6. The van der Waals surface area contributed by atoms with Crippen LogP contribution in [-0.2, 0) is 19.8 Å². The molecule has 0 amide bonds. The summed E-state index contributed by atoms with van der Waals surface area (Å²) in [5.41, 5.74) is 1.74. The highest BCUT2D eigenvalue weighted by Crippen LogP contribution is 2.41. The van der Waals surface area contributed by atoms with Crippen LogP contribution in [0, 0.1) is 0 Å². The quantitative estimate of drug-likeness (QED) is 0.493. The van der Waals surface area contributed by atoms with E-state index in [2.05, 4.69) is 0 Å². The highest BCUT2D eigenvalue weighted by atomic mass is 16.7. The van der Waals surface area contributed by atoms with E-state index in [1.54, 1.807) is 0 Å². The summed E-state index contributed by atoms with van der Waals surface area (Å²) in [6.45, 7) is -0.0521. The maximum Gasteiger partial charge on any atom is 0.186 e. The van der Waals surface area contributed by atoms with Gasteiger partial charge in [0.1, 0.15) is 30.0 Å². The lowest BCUT2D eigenvalue weighted by molar-refractivity contribution is -0.299. The monoisotopic (exact) mass is 436 g/mol. The summed E-state index contributed by atoms with van der Waals surface area (Å²) in [7, 11) is 1.37. The van der Waals surface area contributed by atoms with Crippen LogP contribution in [0.25, 0.3) is 0 Å². The molecule has 0 unspecified atom stereocenters. The first-order chi connectivity index (χ1) is 15.6. The van der Waals surface area contributed by atoms with Crippen molar-refractivity contribution in [3.05, 3.63) is 108 Å². The van der Waals surface area contributed by atoms with Crippen LogP contribution in [0.15, 0.2) is 91.0 Å². The molecule has 1 fully saturated rings. The molecule has 3 aromatic carbocycles. The molecule has 1 saturated heterocycles. The van der Waals surface area contributed by atoms with Gasteiger partial charge in [-0.25, -0.2) is 0 Å². The molecule has 0 bridgehead atoms. The molecule has 0 saturated carbocycles. The smallest absolute Gasteiger partial charge is 0.186 e. The van der Waals surface area contributed by atoms with Crippen molar-refractivity contribution in [1.29, 1.82) is 0 Å². The Hall–Kier alpha value is -2.58. The van der Waals surface area contributed by atoms with E-state index in [0.717, 1.165) is 16.7 Å². The summed E-state index contributed by atoms with van der Waals surface area (Å²) < 4.78 is 17.5. The van der Waals surface area contributed by atoms with Gasteiger partial charge in [0.15, 0.2) is 6.29 Å². The van der Waals surface area contributed by atoms with Crippen molar-refractivity contribution in [3.63, 3.8) is 0 Å². The summed E-state index contributed by atoms with van der Waals surface area (Å²) in [4.78, 5) is 0. The van der Waals surface area contributed by atoms with Crippen LogP contribution in [0.3, 0.4) is 0 Å². The fourth-order valence-electron chi connectivity index (χ4n) is 4.22. The average molecular weight is 437 g/mol. The van der Waals surface area contributed by atoms with Gasteiger partial charge in [0.2, 0.25) is 0 Å². The molecule has 0 spiro atoms. The van der Waals surface area contributed by atoms with Crippen molar-refractivity contribution < 1.29 is 29.5 Å². The molecule has 6 nitrogen and oxygen atoms in total. The van der Waals surface area contributed by atoms with Crippen molar-refractivity contribution in [2.75, 3.05) is 13.7 Å². The van der Waals surface area contributed by atoms with Gasteiger partial charge in [-0.1, -0.05) is 91.0 Å². The zero-order chi connectivity index (χ0) is 22.6. The first-order valence-corrected chi connectivity index (χ1v) is 10.6. The lowest BCUT2D eigenvalue weighted by Gasteiger charge is -2.42. The van der Waals surface area contributed by atoms with Crippen molar-refractivity contribution >= 4 is 0 Å². The molecule has 32 heavy (non-hydrogen) atoms. The van der Waals surface area contributed by atoms with Crippen LogP contribution < -0.4 is 0 Å². The Balaban J connectivity index is 1.77. The predicted molar refractivity (Wildman–Crippen MR) is 119 cm³/mol. The molecular weight excluding hydrogens is 408 g/mol. The van der Waals surface area contributed by atoms with E-state index in [9.17, 15) is 15.3 Å². The molecule has 3 aromatic rings. The third kappa shape index (κ3) is 4.21. The maximum atomic E-state index is 10.6. The lowest BCUT2D eigenvalue weighted by atomic mass is 9.80. The average Bonchev–Trinajstić information content (AvgIpc) is 2.86. The van der Waals surface area contributed by atoms with E-state index in [-0.39, 0.29) is 6.61 Å². The molecule has 0 radical (unpaired) electrons. The third-order valence-corrected chi connectivity index (χ3v) is 5.91. The van der Waals surface area contributed by atoms with E-state index in [4.69, 9.17) is 14.2 Å². The Bertz CT molecular complexity index is 867. The summed E-state index contributed by atoms with van der Waals surface area (Å²) >= 11 is 0. The first kappa shape index (κ1) is 22.6. The Labute approximate surface area is 187 Å². The number of rotatable bonds is 7. The van der Waals surface area contributed by atoms with Crippen LogP contribution in [0.1, 0.15) is 16.7 Å². The number of aliphatic hydroxyl groups excluding tert-OH is 3. The first-order valence-electron chi connectivity index (χ1n) is 10.6. The minimum absolute atomic E-state index is 0.0521. The van der Waals surface area contributed by atoms with Gasteiger partial charge in [0, 0.05) is 7.11 Å². The number of hydrogen-bond acceptors (Lipinski definition) is 6. The molecule has 1 heterocycles. The highest BCUT2D eigenvalue weighted by Gasteiger charge is 2.46. The third-order valence-electron chi connectivity index (χ3n) is 5.91. The van der Waals surface area contributed by atoms with E-state index < -0.39 is 36.3 Å². The number of hydrogen-bond donors (Lipinski definition) is 3. The molecule has 6 heteroatoms. The Morgan fingerprint density at radius 1 is 0.688 bits per heavy atom. The molecule has 3 N–H and O–H groups in total. The second-order valence-corrected chi connectivity index (χ2v) is 7.84. The van der Waals surface area contributed by atoms with Crippen LogP contribution in [0.2, 0.25) is 0 Å². The highest BCUT2D eigenvalue weighted by molar-refractivity contribution is 5.47. The molecule has 0 aliphatic carbocycles.